The minimum atomic E-state index is -0.705. The number of hydrogen-bond donors (Lipinski definition) is 1. The van der Waals surface area contributed by atoms with Crippen molar-refractivity contribution in [2.75, 3.05) is 13.7 Å². The van der Waals surface area contributed by atoms with E-state index in [2.05, 4.69) is 0 Å². The van der Waals surface area contributed by atoms with E-state index < -0.39 is 6.10 Å². The van der Waals surface area contributed by atoms with Crippen molar-refractivity contribution in [1.82, 2.24) is 0 Å². The van der Waals surface area contributed by atoms with Gasteiger partial charge in [-0.2, -0.15) is 0 Å². The van der Waals surface area contributed by atoms with Gasteiger partial charge in [0.1, 0.15) is 18.5 Å². The summed E-state index contributed by atoms with van der Waals surface area (Å²) >= 11 is 0. The number of benzene rings is 2. The van der Waals surface area contributed by atoms with Crippen molar-refractivity contribution in [3.05, 3.63) is 65.2 Å². The van der Waals surface area contributed by atoms with E-state index >= 15 is 0 Å². The summed E-state index contributed by atoms with van der Waals surface area (Å²) in [5.74, 6) is 0.607. The van der Waals surface area contributed by atoms with Gasteiger partial charge in [-0.25, -0.2) is 0 Å². The zero-order valence-electron chi connectivity index (χ0n) is 12.8. The van der Waals surface area contributed by atoms with E-state index in [9.17, 15) is 9.90 Å². The zero-order chi connectivity index (χ0) is 15.9. The second kappa shape index (κ2) is 7.73. The maximum Gasteiger partial charge on any atom is 0.159 e. The summed E-state index contributed by atoms with van der Waals surface area (Å²) in [5.41, 5.74) is 2.20. The smallest absolute Gasteiger partial charge is 0.159 e. The van der Waals surface area contributed by atoms with E-state index in [4.69, 9.17) is 9.47 Å². The first-order valence-corrected chi connectivity index (χ1v) is 7.10. The number of ketones is 1. The lowest BCUT2D eigenvalue weighted by Crippen LogP contribution is -2.11. The van der Waals surface area contributed by atoms with Crippen LogP contribution in [0.3, 0.4) is 0 Å². The molecule has 0 bridgehead atoms. The van der Waals surface area contributed by atoms with Crippen LogP contribution in [-0.2, 0) is 11.3 Å². The fourth-order valence-electron chi connectivity index (χ4n) is 2.15. The number of Topliss-reactive ketones (excluding diaryl/α,β-unsaturated/α-hetero) is 1. The Labute approximate surface area is 130 Å². The van der Waals surface area contributed by atoms with Crippen LogP contribution >= 0.6 is 0 Å². The van der Waals surface area contributed by atoms with E-state index in [0.717, 1.165) is 11.1 Å². The summed E-state index contributed by atoms with van der Waals surface area (Å²) in [6.07, 6.45) is -0.705. The van der Waals surface area contributed by atoms with E-state index in [1.165, 1.54) is 6.92 Å². The molecule has 0 fully saturated rings. The second-order valence-corrected chi connectivity index (χ2v) is 5.05. The Bertz CT molecular complexity index is 622. The molecule has 2 aromatic carbocycles. The molecule has 0 unspecified atom stereocenters. The maximum absolute atomic E-state index is 11.4. The van der Waals surface area contributed by atoms with Crippen LogP contribution in [0.15, 0.2) is 48.5 Å². The molecule has 4 heteroatoms. The van der Waals surface area contributed by atoms with Crippen molar-refractivity contribution in [3.63, 3.8) is 0 Å². The van der Waals surface area contributed by atoms with Crippen LogP contribution in [0, 0.1) is 0 Å². The number of aliphatic hydroxyl groups excluding tert-OH is 1. The number of rotatable bonds is 7. The minimum Gasteiger partial charge on any atom is -0.490 e. The summed E-state index contributed by atoms with van der Waals surface area (Å²) in [4.78, 5) is 11.4. The van der Waals surface area contributed by atoms with Crippen LogP contribution in [0.25, 0.3) is 0 Å². The van der Waals surface area contributed by atoms with Crippen molar-refractivity contribution in [2.45, 2.75) is 19.6 Å². The first kappa shape index (κ1) is 16.2. The number of aliphatic hydroxyl groups is 1. The van der Waals surface area contributed by atoms with Crippen LogP contribution in [0.4, 0.5) is 0 Å². The molecule has 0 radical (unpaired) electrons. The molecule has 0 aliphatic heterocycles. The van der Waals surface area contributed by atoms with Gasteiger partial charge in [0.25, 0.3) is 0 Å². The number of hydrogen-bond acceptors (Lipinski definition) is 4. The molecule has 22 heavy (non-hydrogen) atoms. The van der Waals surface area contributed by atoms with Gasteiger partial charge in [0.05, 0.1) is 6.61 Å². The average Bonchev–Trinajstić information content (AvgIpc) is 2.54. The Hall–Kier alpha value is -2.17. The van der Waals surface area contributed by atoms with Gasteiger partial charge in [0.2, 0.25) is 0 Å². The van der Waals surface area contributed by atoms with Gasteiger partial charge >= 0.3 is 0 Å². The largest absolute Gasteiger partial charge is 0.490 e. The fraction of sp³-hybridized carbons (Fsp3) is 0.278. The lowest BCUT2D eigenvalue weighted by atomic mass is 10.1. The Kier molecular flexibility index (Phi) is 5.69. The normalized spacial score (nSPS) is 12.0. The van der Waals surface area contributed by atoms with Crippen LogP contribution in [0.5, 0.6) is 5.75 Å². The predicted molar refractivity (Wildman–Crippen MR) is 84.1 cm³/mol. The van der Waals surface area contributed by atoms with Crippen molar-refractivity contribution in [3.8, 4) is 5.75 Å². The topological polar surface area (TPSA) is 55.8 Å². The van der Waals surface area contributed by atoms with Gasteiger partial charge in [-0.3, -0.25) is 4.79 Å². The molecule has 0 saturated heterocycles. The summed E-state index contributed by atoms with van der Waals surface area (Å²) in [6.45, 7) is 2.00. The van der Waals surface area contributed by atoms with Crippen LogP contribution in [0.2, 0.25) is 0 Å². The van der Waals surface area contributed by atoms with Crippen LogP contribution in [-0.4, -0.2) is 24.6 Å². The molecule has 0 aromatic heterocycles. The number of methoxy groups -OCH3 is 1. The summed E-state index contributed by atoms with van der Waals surface area (Å²) in [5, 5.41) is 10.1. The Morgan fingerprint density at radius 2 is 1.91 bits per heavy atom. The molecule has 0 heterocycles. The third-order valence-electron chi connectivity index (χ3n) is 3.35. The molecule has 2 aromatic rings. The van der Waals surface area contributed by atoms with E-state index in [1.807, 2.05) is 30.3 Å². The Morgan fingerprint density at radius 1 is 1.18 bits per heavy atom. The van der Waals surface area contributed by atoms with Crippen LogP contribution < -0.4 is 4.74 Å². The molecule has 0 amide bonds. The predicted octanol–water partition coefficient (Wildman–Crippen LogP) is 3.15. The summed E-state index contributed by atoms with van der Waals surface area (Å²) in [6, 6.07) is 14.6. The van der Waals surface area contributed by atoms with Gasteiger partial charge in [-0.15, -0.1) is 0 Å². The second-order valence-electron chi connectivity index (χ2n) is 5.05. The van der Waals surface area contributed by atoms with Crippen molar-refractivity contribution in [1.29, 1.82) is 0 Å². The first-order valence-electron chi connectivity index (χ1n) is 7.10. The van der Waals surface area contributed by atoms with Gasteiger partial charge in [0, 0.05) is 18.2 Å². The highest BCUT2D eigenvalue weighted by Crippen LogP contribution is 2.23. The fourth-order valence-corrected chi connectivity index (χ4v) is 2.15. The molecule has 0 saturated carbocycles. The monoisotopic (exact) mass is 300 g/mol. The van der Waals surface area contributed by atoms with E-state index in [1.54, 1.807) is 25.3 Å². The van der Waals surface area contributed by atoms with Crippen molar-refractivity contribution < 1.29 is 19.4 Å². The minimum absolute atomic E-state index is 0.00627. The third kappa shape index (κ3) is 4.16. The average molecular weight is 300 g/mol. The van der Waals surface area contributed by atoms with Gasteiger partial charge in [-0.05, 0) is 30.7 Å². The van der Waals surface area contributed by atoms with Crippen LogP contribution in [0.1, 0.15) is 34.5 Å². The molecule has 1 N–H and O–H groups in total. The standard InChI is InChI=1S/C18H20O4/c1-13(19)15-8-9-18(16(10-15)11-21-2)22-12-17(20)14-6-4-3-5-7-14/h3-10,17,20H,11-12H2,1-2H3/t17-/m1/s1. The zero-order valence-corrected chi connectivity index (χ0v) is 12.8. The maximum atomic E-state index is 11.4. The highest BCUT2D eigenvalue weighted by molar-refractivity contribution is 5.94. The molecule has 1 atom stereocenters. The van der Waals surface area contributed by atoms with Gasteiger partial charge < -0.3 is 14.6 Å². The summed E-state index contributed by atoms with van der Waals surface area (Å²) < 4.78 is 10.8. The lowest BCUT2D eigenvalue weighted by Gasteiger charge is -2.15. The van der Waals surface area contributed by atoms with Crippen molar-refractivity contribution >= 4 is 5.78 Å². The summed E-state index contributed by atoms with van der Waals surface area (Å²) in [7, 11) is 1.59. The molecule has 0 aliphatic carbocycles. The van der Waals surface area contributed by atoms with E-state index in [0.29, 0.717) is 17.9 Å². The van der Waals surface area contributed by atoms with E-state index in [-0.39, 0.29) is 12.4 Å². The number of ether oxygens (including phenoxy) is 2. The lowest BCUT2D eigenvalue weighted by molar-refractivity contribution is 0.101. The number of carbonyl (C=O) groups excluding carboxylic acids is 1. The molecular formula is C18H20O4. The van der Waals surface area contributed by atoms with Gasteiger partial charge in [0.15, 0.2) is 5.78 Å². The van der Waals surface area contributed by atoms with Gasteiger partial charge in [-0.1, -0.05) is 30.3 Å². The highest BCUT2D eigenvalue weighted by atomic mass is 16.5. The molecule has 116 valence electrons. The third-order valence-corrected chi connectivity index (χ3v) is 3.35. The quantitative estimate of drug-likeness (QED) is 0.798. The van der Waals surface area contributed by atoms with Crippen molar-refractivity contribution in [2.24, 2.45) is 0 Å². The molecule has 4 nitrogen and oxygen atoms in total. The Balaban J connectivity index is 2.10. The first-order chi connectivity index (χ1) is 10.6. The molecule has 2 rings (SSSR count). The molecule has 0 aliphatic rings. The highest BCUT2D eigenvalue weighted by Gasteiger charge is 2.11. The molecular weight excluding hydrogens is 280 g/mol. The SMILES string of the molecule is COCc1cc(C(C)=O)ccc1OC[C@@H](O)c1ccccc1. The Morgan fingerprint density at radius 3 is 2.55 bits per heavy atom. The molecule has 0 spiro atoms. The number of carbonyl (C=O) groups is 1.